The molecule has 2 aromatic heterocycles. The molecule has 1 aromatic carbocycles. The molecule has 1 saturated heterocycles. The van der Waals surface area contributed by atoms with Crippen LogP contribution >= 0.6 is 23.6 Å². The Bertz CT molecular complexity index is 1250. The molecule has 1 fully saturated rings. The second-order valence-electron chi connectivity index (χ2n) is 8.10. The number of rotatable bonds is 6. The highest BCUT2D eigenvalue weighted by atomic mass is 32.1. The SMILES string of the molecule is CCNC(=S)N1CCN(CCN=C(C)c2c(C(F)(F)F)[nH]n(-c3nc4ccccc4s3)c2=O)CC1. The summed E-state index contributed by atoms with van der Waals surface area (Å²) in [5.41, 5.74) is -1.75. The molecule has 35 heavy (non-hydrogen) atoms. The molecular formula is C22H26F3N7OS2. The summed E-state index contributed by atoms with van der Waals surface area (Å²) >= 11 is 6.48. The number of thiocarbonyl (C=S) groups is 1. The second-order valence-corrected chi connectivity index (χ2v) is 9.49. The molecule has 3 aromatic rings. The first-order chi connectivity index (χ1) is 16.7. The Morgan fingerprint density at radius 1 is 1.26 bits per heavy atom. The normalized spacial score (nSPS) is 15.7. The van der Waals surface area contributed by atoms with Crippen LogP contribution in [0.15, 0.2) is 34.1 Å². The Hall–Kier alpha value is -2.77. The van der Waals surface area contributed by atoms with E-state index in [-0.39, 0.29) is 17.4 Å². The van der Waals surface area contributed by atoms with Gasteiger partial charge in [0.05, 0.1) is 22.3 Å². The van der Waals surface area contributed by atoms with Gasteiger partial charge in [0.25, 0.3) is 5.56 Å². The average molecular weight is 526 g/mol. The molecular weight excluding hydrogens is 499 g/mol. The molecule has 1 aliphatic heterocycles. The lowest BCUT2D eigenvalue weighted by atomic mass is 10.1. The topological polar surface area (TPSA) is 81.5 Å². The minimum atomic E-state index is -4.74. The molecule has 188 valence electrons. The van der Waals surface area contributed by atoms with Crippen LogP contribution in [0.5, 0.6) is 0 Å². The molecule has 0 saturated carbocycles. The predicted molar refractivity (Wildman–Crippen MR) is 136 cm³/mol. The number of aromatic nitrogens is 3. The Labute approximate surface area is 209 Å². The minimum Gasteiger partial charge on any atom is -0.363 e. The highest BCUT2D eigenvalue weighted by Crippen LogP contribution is 2.31. The van der Waals surface area contributed by atoms with Gasteiger partial charge in [-0.25, -0.2) is 4.98 Å². The summed E-state index contributed by atoms with van der Waals surface area (Å²) in [6, 6.07) is 7.13. The number of halogens is 3. The van der Waals surface area contributed by atoms with Gasteiger partial charge in [-0.3, -0.25) is 19.8 Å². The number of benzene rings is 1. The summed E-state index contributed by atoms with van der Waals surface area (Å²) < 4.78 is 43.1. The number of nitrogens with zero attached hydrogens (tertiary/aromatic N) is 5. The van der Waals surface area contributed by atoms with Crippen LogP contribution in [0.1, 0.15) is 25.1 Å². The number of aromatic amines is 1. The third-order valence-electron chi connectivity index (χ3n) is 5.76. The largest absolute Gasteiger partial charge is 0.433 e. The zero-order valence-electron chi connectivity index (χ0n) is 19.4. The number of hydrogen-bond donors (Lipinski definition) is 2. The van der Waals surface area contributed by atoms with Crippen LogP contribution in [0, 0.1) is 0 Å². The molecule has 0 unspecified atom stereocenters. The van der Waals surface area contributed by atoms with Crippen molar-refractivity contribution >= 4 is 44.6 Å². The van der Waals surface area contributed by atoms with Crippen LogP contribution in [0.4, 0.5) is 13.2 Å². The smallest absolute Gasteiger partial charge is 0.363 e. The summed E-state index contributed by atoms with van der Waals surface area (Å²) in [5.74, 6) is 0. The quantitative estimate of drug-likeness (QED) is 0.380. The van der Waals surface area contributed by atoms with Crippen molar-refractivity contribution in [3.8, 4) is 5.13 Å². The van der Waals surface area contributed by atoms with E-state index >= 15 is 0 Å². The summed E-state index contributed by atoms with van der Waals surface area (Å²) in [4.78, 5) is 26.0. The molecule has 4 rings (SSSR count). The molecule has 0 aliphatic carbocycles. The van der Waals surface area contributed by atoms with E-state index in [4.69, 9.17) is 12.2 Å². The van der Waals surface area contributed by atoms with Gasteiger partial charge in [-0.15, -0.1) is 0 Å². The fourth-order valence-electron chi connectivity index (χ4n) is 3.94. The van der Waals surface area contributed by atoms with Crippen LogP contribution < -0.4 is 10.9 Å². The van der Waals surface area contributed by atoms with Gasteiger partial charge in [-0.05, 0) is 38.2 Å². The summed E-state index contributed by atoms with van der Waals surface area (Å²) in [5, 5.41) is 6.24. The van der Waals surface area contributed by atoms with Crippen molar-refractivity contribution in [1.29, 1.82) is 0 Å². The number of H-pyrrole nitrogens is 1. The van der Waals surface area contributed by atoms with Crippen molar-refractivity contribution in [2.75, 3.05) is 45.8 Å². The number of piperazine rings is 1. The zero-order valence-corrected chi connectivity index (χ0v) is 21.0. The number of thiazole rings is 1. The molecule has 3 heterocycles. The van der Waals surface area contributed by atoms with Crippen LogP contribution in [0.25, 0.3) is 15.3 Å². The second kappa shape index (κ2) is 10.5. The van der Waals surface area contributed by atoms with Gasteiger partial charge < -0.3 is 10.2 Å². The maximum absolute atomic E-state index is 13.8. The first kappa shape index (κ1) is 25.3. The third-order valence-corrected chi connectivity index (χ3v) is 7.19. The average Bonchev–Trinajstić information content (AvgIpc) is 3.40. The predicted octanol–water partition coefficient (Wildman–Crippen LogP) is 3.12. The molecule has 1 aliphatic rings. The van der Waals surface area contributed by atoms with Gasteiger partial charge in [-0.2, -0.15) is 17.9 Å². The van der Waals surface area contributed by atoms with E-state index in [1.54, 1.807) is 24.3 Å². The summed E-state index contributed by atoms with van der Waals surface area (Å²) in [6.45, 7) is 8.18. The number of aliphatic imine (C=N–C) groups is 1. The lowest BCUT2D eigenvalue weighted by molar-refractivity contribution is -0.141. The standard InChI is InChI=1S/C22H26F3N7OS2/c1-3-26-20(34)31-12-10-30(11-13-31)9-8-27-14(2)17-18(22(23,24)25)29-32(19(17)33)21-28-15-6-4-5-7-16(15)35-21/h4-7,29H,3,8-13H2,1-2H3,(H,26,34). The van der Waals surface area contributed by atoms with Gasteiger partial charge in [0.2, 0.25) is 5.13 Å². The van der Waals surface area contributed by atoms with Crippen molar-refractivity contribution in [2.45, 2.75) is 20.0 Å². The van der Waals surface area contributed by atoms with E-state index < -0.39 is 23.0 Å². The minimum absolute atomic E-state index is 0.0467. The zero-order chi connectivity index (χ0) is 25.2. The maximum atomic E-state index is 13.8. The van der Waals surface area contributed by atoms with Gasteiger partial charge in [0.1, 0.15) is 0 Å². The van der Waals surface area contributed by atoms with Gasteiger partial charge >= 0.3 is 6.18 Å². The number of fused-ring (bicyclic) bond motifs is 1. The molecule has 0 amide bonds. The van der Waals surface area contributed by atoms with Gasteiger partial charge in [0.15, 0.2) is 10.8 Å². The highest BCUT2D eigenvalue weighted by molar-refractivity contribution is 7.80. The van der Waals surface area contributed by atoms with Crippen LogP contribution in [-0.4, -0.2) is 81.2 Å². The highest BCUT2D eigenvalue weighted by Gasteiger charge is 2.39. The first-order valence-electron chi connectivity index (χ1n) is 11.2. The number of hydrogen-bond acceptors (Lipinski definition) is 6. The van der Waals surface area contributed by atoms with Crippen molar-refractivity contribution in [3.05, 3.63) is 45.9 Å². The van der Waals surface area contributed by atoms with E-state index in [9.17, 15) is 18.0 Å². The number of para-hydroxylation sites is 1. The van der Waals surface area contributed by atoms with Crippen molar-refractivity contribution in [1.82, 2.24) is 29.9 Å². The van der Waals surface area contributed by atoms with Gasteiger partial charge in [0, 0.05) is 45.0 Å². The van der Waals surface area contributed by atoms with E-state index in [2.05, 4.69) is 30.2 Å². The van der Waals surface area contributed by atoms with Crippen LogP contribution in [0.3, 0.4) is 0 Å². The lowest BCUT2D eigenvalue weighted by Gasteiger charge is -2.35. The molecule has 13 heteroatoms. The molecule has 8 nitrogen and oxygen atoms in total. The fraction of sp³-hybridized carbons (Fsp3) is 0.455. The molecule has 0 radical (unpaired) electrons. The van der Waals surface area contributed by atoms with E-state index in [0.29, 0.717) is 12.1 Å². The first-order valence-corrected chi connectivity index (χ1v) is 12.5. The van der Waals surface area contributed by atoms with E-state index in [0.717, 1.165) is 58.6 Å². The Morgan fingerprint density at radius 2 is 1.97 bits per heavy atom. The Balaban J connectivity index is 1.50. The Morgan fingerprint density at radius 3 is 2.63 bits per heavy atom. The van der Waals surface area contributed by atoms with E-state index in [1.807, 2.05) is 6.92 Å². The summed E-state index contributed by atoms with van der Waals surface area (Å²) in [7, 11) is 0. The Kier molecular flexibility index (Phi) is 7.57. The molecule has 0 atom stereocenters. The monoisotopic (exact) mass is 525 g/mol. The molecule has 0 bridgehead atoms. The number of alkyl halides is 3. The fourth-order valence-corrected chi connectivity index (χ4v) is 5.20. The van der Waals surface area contributed by atoms with Gasteiger partial charge in [-0.1, -0.05) is 23.5 Å². The number of nitrogens with one attached hydrogen (secondary N) is 2. The maximum Gasteiger partial charge on any atom is 0.433 e. The van der Waals surface area contributed by atoms with E-state index in [1.165, 1.54) is 6.92 Å². The molecule has 2 N–H and O–H groups in total. The molecule has 0 spiro atoms. The van der Waals surface area contributed by atoms with Crippen molar-refractivity contribution in [3.63, 3.8) is 0 Å². The van der Waals surface area contributed by atoms with Crippen LogP contribution in [0.2, 0.25) is 0 Å². The summed E-state index contributed by atoms with van der Waals surface area (Å²) in [6.07, 6.45) is -4.74. The van der Waals surface area contributed by atoms with Crippen molar-refractivity contribution < 1.29 is 13.2 Å². The third kappa shape index (κ3) is 5.57. The lowest BCUT2D eigenvalue weighted by Crippen LogP contribution is -2.52. The van der Waals surface area contributed by atoms with Crippen LogP contribution in [-0.2, 0) is 6.18 Å². The van der Waals surface area contributed by atoms with Crippen molar-refractivity contribution in [2.24, 2.45) is 4.99 Å².